The van der Waals surface area contributed by atoms with E-state index >= 15 is 0 Å². The summed E-state index contributed by atoms with van der Waals surface area (Å²) in [6.07, 6.45) is 2.34. The van der Waals surface area contributed by atoms with Gasteiger partial charge < -0.3 is 4.90 Å². The molecule has 1 aromatic carbocycles. The minimum Gasteiger partial charge on any atom is -0.319 e. The van der Waals surface area contributed by atoms with E-state index in [0.717, 1.165) is 18.8 Å². The topological polar surface area (TPSA) is 32.3 Å². The number of nitrogens with zero attached hydrogens (tertiary/aromatic N) is 1. The molecular weight excluding hydrogens is 260 g/mol. The molecule has 2 fully saturated rings. The first-order valence-corrected chi connectivity index (χ1v) is 8.01. The van der Waals surface area contributed by atoms with Gasteiger partial charge in [0.05, 0.1) is 6.54 Å². The van der Waals surface area contributed by atoms with Crippen LogP contribution in [-0.2, 0) is 10.2 Å². The van der Waals surface area contributed by atoms with E-state index in [4.69, 9.17) is 0 Å². The van der Waals surface area contributed by atoms with Crippen molar-refractivity contribution in [2.45, 2.75) is 58.2 Å². The molecule has 114 valence electrons. The van der Waals surface area contributed by atoms with Crippen LogP contribution in [-0.4, -0.2) is 23.4 Å². The van der Waals surface area contributed by atoms with Gasteiger partial charge in [-0.25, -0.2) is 0 Å². The number of amides is 1. The second-order valence-electron chi connectivity index (χ2n) is 7.69. The van der Waals surface area contributed by atoms with Gasteiger partial charge in [0.25, 0.3) is 0 Å². The van der Waals surface area contributed by atoms with E-state index in [1.54, 1.807) is 0 Å². The highest BCUT2D eigenvalue weighted by Crippen LogP contribution is 2.37. The van der Waals surface area contributed by atoms with Crippen LogP contribution in [0.25, 0.3) is 0 Å². The Kier molecular flexibility index (Phi) is 3.56. The summed E-state index contributed by atoms with van der Waals surface area (Å²) in [4.78, 5) is 14.3. The number of hydrogen-bond acceptors (Lipinski definition) is 2. The summed E-state index contributed by atoms with van der Waals surface area (Å²) in [7, 11) is 0. The number of rotatable bonds is 2. The summed E-state index contributed by atoms with van der Waals surface area (Å²) in [5, 5.41) is 3.37. The number of nitrogens with one attached hydrogen (secondary N) is 1. The number of carbonyl (C=O) groups is 1. The predicted molar refractivity (Wildman–Crippen MR) is 84.9 cm³/mol. The summed E-state index contributed by atoms with van der Waals surface area (Å²) >= 11 is 0. The van der Waals surface area contributed by atoms with Gasteiger partial charge in [0.1, 0.15) is 6.17 Å². The first-order chi connectivity index (χ1) is 9.86. The van der Waals surface area contributed by atoms with E-state index in [1.807, 2.05) is 0 Å². The van der Waals surface area contributed by atoms with Gasteiger partial charge >= 0.3 is 0 Å². The minimum atomic E-state index is 0.0593. The van der Waals surface area contributed by atoms with Gasteiger partial charge in [-0.05, 0) is 35.3 Å². The van der Waals surface area contributed by atoms with Crippen molar-refractivity contribution >= 4 is 5.91 Å². The summed E-state index contributed by atoms with van der Waals surface area (Å²) in [5.41, 5.74) is 2.70. The maximum absolute atomic E-state index is 12.2. The molecule has 0 bridgehead atoms. The zero-order chi connectivity index (χ0) is 15.2. The molecule has 1 atom stereocenters. The smallest absolute Gasteiger partial charge is 0.238 e. The lowest BCUT2D eigenvalue weighted by molar-refractivity contribution is -0.133. The summed E-state index contributed by atoms with van der Waals surface area (Å²) in [5.74, 6) is 1.00. The van der Waals surface area contributed by atoms with Crippen molar-refractivity contribution < 1.29 is 4.79 Å². The van der Waals surface area contributed by atoms with Crippen LogP contribution in [0.3, 0.4) is 0 Å². The molecule has 1 unspecified atom stereocenters. The Hall–Kier alpha value is -1.35. The lowest BCUT2D eigenvalue weighted by atomic mass is 9.80. The molecule has 0 spiro atoms. The highest BCUT2D eigenvalue weighted by molar-refractivity contribution is 5.81. The highest BCUT2D eigenvalue weighted by atomic mass is 16.2. The van der Waals surface area contributed by atoms with Gasteiger partial charge in [0, 0.05) is 6.04 Å². The molecule has 2 aliphatic rings. The van der Waals surface area contributed by atoms with E-state index in [0.29, 0.717) is 12.6 Å². The highest BCUT2D eigenvalue weighted by Gasteiger charge is 2.41. The zero-order valence-corrected chi connectivity index (χ0v) is 13.5. The largest absolute Gasteiger partial charge is 0.319 e. The molecule has 1 saturated carbocycles. The van der Waals surface area contributed by atoms with Crippen LogP contribution in [0.5, 0.6) is 0 Å². The van der Waals surface area contributed by atoms with Gasteiger partial charge in [0.2, 0.25) is 5.91 Å². The van der Waals surface area contributed by atoms with Crippen LogP contribution in [0.15, 0.2) is 24.3 Å². The molecule has 1 heterocycles. The summed E-state index contributed by atoms with van der Waals surface area (Å²) in [6, 6.07) is 9.16. The van der Waals surface area contributed by atoms with E-state index in [1.165, 1.54) is 11.1 Å². The molecule has 0 radical (unpaired) electrons. The van der Waals surface area contributed by atoms with Gasteiger partial charge in [0.15, 0.2) is 0 Å². The van der Waals surface area contributed by atoms with Crippen molar-refractivity contribution in [1.82, 2.24) is 10.2 Å². The maximum atomic E-state index is 12.2. The fraction of sp³-hybridized carbons (Fsp3) is 0.611. The van der Waals surface area contributed by atoms with Crippen molar-refractivity contribution in [3.8, 4) is 0 Å². The quantitative estimate of drug-likeness (QED) is 0.905. The molecule has 3 nitrogen and oxygen atoms in total. The van der Waals surface area contributed by atoms with Crippen LogP contribution in [0.2, 0.25) is 0 Å². The van der Waals surface area contributed by atoms with E-state index in [2.05, 4.69) is 62.2 Å². The van der Waals surface area contributed by atoms with Crippen LogP contribution in [0, 0.1) is 5.92 Å². The Morgan fingerprint density at radius 1 is 1.14 bits per heavy atom. The summed E-state index contributed by atoms with van der Waals surface area (Å²) in [6.45, 7) is 9.40. The lowest BCUT2D eigenvalue weighted by Crippen LogP contribution is -2.46. The SMILES string of the molecule is CC1CC(N2C(=O)CNC2c2ccc(C(C)(C)C)cc2)C1. The molecule has 21 heavy (non-hydrogen) atoms. The van der Waals surface area contributed by atoms with Crippen LogP contribution >= 0.6 is 0 Å². The average Bonchev–Trinajstić information content (AvgIpc) is 2.76. The van der Waals surface area contributed by atoms with Crippen LogP contribution in [0.1, 0.15) is 57.8 Å². The van der Waals surface area contributed by atoms with Crippen molar-refractivity contribution in [1.29, 1.82) is 0 Å². The Morgan fingerprint density at radius 2 is 1.76 bits per heavy atom. The second-order valence-corrected chi connectivity index (χ2v) is 7.69. The molecule has 0 aromatic heterocycles. The molecule has 1 aliphatic heterocycles. The third-order valence-corrected chi connectivity index (χ3v) is 4.85. The molecule has 1 aliphatic carbocycles. The normalized spacial score (nSPS) is 29.6. The van der Waals surface area contributed by atoms with Gasteiger partial charge in [-0.1, -0.05) is 52.0 Å². The molecule has 1 aromatic rings. The van der Waals surface area contributed by atoms with Gasteiger partial charge in [-0.2, -0.15) is 0 Å². The Morgan fingerprint density at radius 3 is 2.29 bits per heavy atom. The third kappa shape index (κ3) is 2.71. The predicted octanol–water partition coefficient (Wildman–Crippen LogP) is 3.21. The fourth-order valence-electron chi connectivity index (χ4n) is 3.46. The fourth-order valence-corrected chi connectivity index (χ4v) is 3.46. The molecule has 1 N–H and O–H groups in total. The first-order valence-electron chi connectivity index (χ1n) is 8.01. The van der Waals surface area contributed by atoms with Crippen molar-refractivity contribution in [2.75, 3.05) is 6.54 Å². The van der Waals surface area contributed by atoms with Crippen molar-refractivity contribution in [3.05, 3.63) is 35.4 Å². The second kappa shape index (κ2) is 5.13. The summed E-state index contributed by atoms with van der Waals surface area (Å²) < 4.78 is 0. The van der Waals surface area contributed by atoms with E-state index in [9.17, 15) is 4.79 Å². The van der Waals surface area contributed by atoms with Crippen molar-refractivity contribution in [3.63, 3.8) is 0 Å². The minimum absolute atomic E-state index is 0.0593. The Balaban J connectivity index is 1.80. The first kappa shape index (κ1) is 14.6. The van der Waals surface area contributed by atoms with Crippen LogP contribution < -0.4 is 5.32 Å². The monoisotopic (exact) mass is 286 g/mol. The lowest BCUT2D eigenvalue weighted by Gasteiger charge is -2.42. The number of hydrogen-bond donors (Lipinski definition) is 1. The third-order valence-electron chi connectivity index (χ3n) is 4.85. The van der Waals surface area contributed by atoms with Crippen LogP contribution in [0.4, 0.5) is 0 Å². The molecular formula is C18H26N2O. The van der Waals surface area contributed by atoms with E-state index in [-0.39, 0.29) is 17.5 Å². The van der Waals surface area contributed by atoms with E-state index < -0.39 is 0 Å². The van der Waals surface area contributed by atoms with Gasteiger partial charge in [-0.3, -0.25) is 10.1 Å². The Labute approximate surface area is 127 Å². The van der Waals surface area contributed by atoms with Gasteiger partial charge in [-0.15, -0.1) is 0 Å². The zero-order valence-electron chi connectivity index (χ0n) is 13.5. The molecule has 3 rings (SSSR count). The molecule has 1 saturated heterocycles. The average molecular weight is 286 g/mol. The number of carbonyl (C=O) groups excluding carboxylic acids is 1. The number of benzene rings is 1. The Bertz CT molecular complexity index is 523. The molecule has 1 amide bonds. The van der Waals surface area contributed by atoms with Crippen molar-refractivity contribution in [2.24, 2.45) is 5.92 Å². The maximum Gasteiger partial charge on any atom is 0.238 e. The molecule has 3 heteroatoms. The standard InChI is InChI=1S/C18H26N2O/c1-12-9-15(10-12)20-16(21)11-19-17(20)13-5-7-14(8-6-13)18(2,3)4/h5-8,12,15,17,19H,9-11H2,1-4H3.